The molecule has 1 aliphatic heterocycles. The van der Waals surface area contributed by atoms with E-state index in [1.54, 1.807) is 24.5 Å². The second-order valence-electron chi connectivity index (χ2n) is 8.11. The van der Waals surface area contributed by atoms with Gasteiger partial charge in [0, 0.05) is 31.9 Å². The van der Waals surface area contributed by atoms with Gasteiger partial charge in [-0.25, -0.2) is 14.4 Å². The fraction of sp³-hybridized carbons (Fsp3) is 0.292. The van der Waals surface area contributed by atoms with Crippen molar-refractivity contribution in [2.24, 2.45) is 0 Å². The van der Waals surface area contributed by atoms with E-state index in [2.05, 4.69) is 9.97 Å². The Morgan fingerprint density at radius 3 is 2.90 bits per heavy atom. The molecule has 0 radical (unpaired) electrons. The minimum atomic E-state index is -0.255. The van der Waals surface area contributed by atoms with E-state index in [0.717, 1.165) is 35.4 Å². The number of carbonyl (C=O) groups excluding carboxylic acids is 1. The van der Waals surface area contributed by atoms with Crippen molar-refractivity contribution in [3.8, 4) is 0 Å². The summed E-state index contributed by atoms with van der Waals surface area (Å²) in [7, 11) is 0. The number of pyridine rings is 1. The number of hydrogen-bond donors (Lipinski definition) is 0. The molecule has 0 N–H and O–H groups in total. The number of aryl methyl sites for hydroxylation is 1. The van der Waals surface area contributed by atoms with Crippen molar-refractivity contribution >= 4 is 11.6 Å². The summed E-state index contributed by atoms with van der Waals surface area (Å²) in [6.45, 7) is 3.24. The van der Waals surface area contributed by atoms with Crippen molar-refractivity contribution in [2.75, 3.05) is 13.1 Å². The van der Waals surface area contributed by atoms with Gasteiger partial charge in [0.05, 0.1) is 12.1 Å². The lowest BCUT2D eigenvalue weighted by atomic mass is 9.98. The lowest BCUT2D eigenvalue weighted by molar-refractivity contribution is 0.0692. The van der Waals surface area contributed by atoms with E-state index in [1.165, 1.54) is 12.1 Å². The number of fused-ring (bicyclic) bond motifs is 1. The number of nitrogens with zero attached hydrogens (tertiary/aromatic N) is 4. The van der Waals surface area contributed by atoms with Crippen molar-refractivity contribution in [3.63, 3.8) is 0 Å². The van der Waals surface area contributed by atoms with Crippen LogP contribution in [0.15, 0.2) is 59.4 Å². The lowest BCUT2D eigenvalue weighted by Crippen LogP contribution is -2.39. The standard InChI is InChI=1S/C24H23FN4O2/c1-16-4-2-10-28-15-21(27-22(16)28)24(30)29-11-3-5-18(14-29)23-26-13-20(31-23)12-17-6-8-19(25)9-7-17/h2,4,6-10,13,15,18H,3,5,11-12,14H2,1H3. The zero-order valence-electron chi connectivity index (χ0n) is 17.3. The predicted molar refractivity (Wildman–Crippen MR) is 114 cm³/mol. The zero-order valence-corrected chi connectivity index (χ0v) is 17.3. The number of oxazole rings is 1. The average molecular weight is 418 g/mol. The highest BCUT2D eigenvalue weighted by Gasteiger charge is 2.29. The number of hydrogen-bond acceptors (Lipinski definition) is 4. The molecule has 4 heterocycles. The van der Waals surface area contributed by atoms with Crippen LogP contribution in [0, 0.1) is 12.7 Å². The molecule has 3 aromatic heterocycles. The number of carbonyl (C=O) groups is 1. The van der Waals surface area contributed by atoms with Crippen LogP contribution in [0.5, 0.6) is 0 Å². The molecule has 7 heteroatoms. The number of likely N-dealkylation sites (tertiary alicyclic amines) is 1. The smallest absolute Gasteiger partial charge is 0.274 e. The fourth-order valence-electron chi connectivity index (χ4n) is 4.18. The highest BCUT2D eigenvalue weighted by molar-refractivity contribution is 5.93. The normalized spacial score (nSPS) is 16.7. The molecule has 158 valence electrons. The topological polar surface area (TPSA) is 63.6 Å². The van der Waals surface area contributed by atoms with Crippen LogP contribution in [-0.4, -0.2) is 38.3 Å². The summed E-state index contributed by atoms with van der Waals surface area (Å²) >= 11 is 0. The van der Waals surface area contributed by atoms with Gasteiger partial charge in [0.2, 0.25) is 0 Å². The summed E-state index contributed by atoms with van der Waals surface area (Å²) < 4.78 is 21.0. The van der Waals surface area contributed by atoms with Gasteiger partial charge in [-0.05, 0) is 49.1 Å². The third-order valence-electron chi connectivity index (χ3n) is 5.82. The molecular formula is C24H23FN4O2. The predicted octanol–water partition coefficient (Wildman–Crippen LogP) is 4.38. The Hall–Kier alpha value is -3.48. The lowest BCUT2D eigenvalue weighted by Gasteiger charge is -2.30. The summed E-state index contributed by atoms with van der Waals surface area (Å²) in [6.07, 6.45) is 7.79. The molecule has 0 saturated carbocycles. The monoisotopic (exact) mass is 418 g/mol. The van der Waals surface area contributed by atoms with Crippen LogP contribution in [0.3, 0.4) is 0 Å². The van der Waals surface area contributed by atoms with Gasteiger partial charge in [0.15, 0.2) is 5.89 Å². The highest BCUT2D eigenvalue weighted by atomic mass is 19.1. The van der Waals surface area contributed by atoms with E-state index < -0.39 is 0 Å². The minimum absolute atomic E-state index is 0.0541. The number of rotatable bonds is 4. The molecule has 1 aliphatic rings. The van der Waals surface area contributed by atoms with Crippen molar-refractivity contribution in [3.05, 3.63) is 89.3 Å². The number of amides is 1. The average Bonchev–Trinajstić information content (AvgIpc) is 3.43. The maximum atomic E-state index is 13.1. The Morgan fingerprint density at radius 1 is 1.26 bits per heavy atom. The third-order valence-corrected chi connectivity index (χ3v) is 5.82. The van der Waals surface area contributed by atoms with Crippen LogP contribution in [-0.2, 0) is 6.42 Å². The van der Waals surface area contributed by atoms with Crippen LogP contribution in [0.25, 0.3) is 5.65 Å². The molecule has 1 aromatic carbocycles. The van der Waals surface area contributed by atoms with E-state index in [9.17, 15) is 9.18 Å². The molecule has 1 atom stereocenters. The minimum Gasteiger partial charge on any atom is -0.445 e. The van der Waals surface area contributed by atoms with E-state index in [1.807, 2.05) is 34.6 Å². The molecule has 6 nitrogen and oxygen atoms in total. The summed E-state index contributed by atoms with van der Waals surface area (Å²) in [5, 5.41) is 0. The molecule has 5 rings (SSSR count). The first kappa shape index (κ1) is 19.5. The Bertz CT molecular complexity index is 1230. The Labute approximate surface area is 179 Å². The molecule has 1 saturated heterocycles. The van der Waals surface area contributed by atoms with Crippen LogP contribution in [0.1, 0.15) is 52.0 Å². The van der Waals surface area contributed by atoms with Gasteiger partial charge in [-0.1, -0.05) is 18.2 Å². The molecule has 0 bridgehead atoms. The molecular weight excluding hydrogens is 395 g/mol. The van der Waals surface area contributed by atoms with Gasteiger partial charge in [-0.3, -0.25) is 4.79 Å². The van der Waals surface area contributed by atoms with Gasteiger partial charge in [-0.15, -0.1) is 0 Å². The Morgan fingerprint density at radius 2 is 2.10 bits per heavy atom. The van der Waals surface area contributed by atoms with Crippen molar-refractivity contribution in [1.29, 1.82) is 0 Å². The Balaban J connectivity index is 1.29. The van der Waals surface area contributed by atoms with Gasteiger partial charge in [0.25, 0.3) is 5.91 Å². The van der Waals surface area contributed by atoms with Crippen LogP contribution >= 0.6 is 0 Å². The number of halogens is 1. The summed E-state index contributed by atoms with van der Waals surface area (Å²) in [6, 6.07) is 10.3. The summed E-state index contributed by atoms with van der Waals surface area (Å²) in [5.41, 5.74) is 3.26. The molecule has 0 spiro atoms. The maximum Gasteiger partial charge on any atom is 0.274 e. The van der Waals surface area contributed by atoms with Gasteiger partial charge in [-0.2, -0.15) is 0 Å². The third kappa shape index (κ3) is 3.95. The number of aromatic nitrogens is 3. The van der Waals surface area contributed by atoms with E-state index >= 15 is 0 Å². The quantitative estimate of drug-likeness (QED) is 0.493. The SMILES string of the molecule is Cc1cccn2cc(C(=O)N3CCCC(c4ncc(Cc5ccc(F)cc5)o4)C3)nc12. The van der Waals surface area contributed by atoms with Gasteiger partial charge >= 0.3 is 0 Å². The molecule has 4 aromatic rings. The van der Waals surface area contributed by atoms with Crippen LogP contribution in [0.4, 0.5) is 4.39 Å². The second kappa shape index (κ2) is 7.98. The fourth-order valence-corrected chi connectivity index (χ4v) is 4.18. The van der Waals surface area contributed by atoms with Gasteiger partial charge in [0.1, 0.15) is 22.9 Å². The zero-order chi connectivity index (χ0) is 21.4. The van der Waals surface area contributed by atoms with Gasteiger partial charge < -0.3 is 13.7 Å². The van der Waals surface area contributed by atoms with Crippen molar-refractivity contribution in [2.45, 2.75) is 32.1 Å². The molecule has 1 fully saturated rings. The highest BCUT2D eigenvalue weighted by Crippen LogP contribution is 2.28. The van der Waals surface area contributed by atoms with E-state index in [-0.39, 0.29) is 17.6 Å². The second-order valence-corrected chi connectivity index (χ2v) is 8.11. The van der Waals surface area contributed by atoms with Crippen molar-refractivity contribution in [1.82, 2.24) is 19.3 Å². The summed E-state index contributed by atoms with van der Waals surface area (Å²) in [4.78, 5) is 24.0. The first-order valence-corrected chi connectivity index (χ1v) is 10.5. The van der Waals surface area contributed by atoms with Crippen molar-refractivity contribution < 1.29 is 13.6 Å². The molecule has 1 unspecified atom stereocenters. The number of benzene rings is 1. The van der Waals surface area contributed by atoms with Crippen LogP contribution < -0.4 is 0 Å². The Kier molecular flexibility index (Phi) is 5.02. The first-order chi connectivity index (χ1) is 15.1. The summed E-state index contributed by atoms with van der Waals surface area (Å²) in [5.74, 6) is 1.13. The molecule has 0 aliphatic carbocycles. The first-order valence-electron chi connectivity index (χ1n) is 10.5. The van der Waals surface area contributed by atoms with E-state index in [4.69, 9.17) is 4.42 Å². The number of piperidine rings is 1. The number of imidazole rings is 1. The largest absolute Gasteiger partial charge is 0.445 e. The molecule has 31 heavy (non-hydrogen) atoms. The molecule has 1 amide bonds. The maximum absolute atomic E-state index is 13.1. The van der Waals surface area contributed by atoms with Crippen LogP contribution in [0.2, 0.25) is 0 Å². The van der Waals surface area contributed by atoms with E-state index in [0.29, 0.717) is 31.1 Å².